The van der Waals surface area contributed by atoms with Gasteiger partial charge in [-0.25, -0.2) is 0 Å². The maximum absolute atomic E-state index is 12.2. The molecule has 0 bridgehead atoms. The van der Waals surface area contributed by atoms with Crippen LogP contribution in [0.15, 0.2) is 24.3 Å². The van der Waals surface area contributed by atoms with Crippen LogP contribution in [0, 0.1) is 0 Å². The fraction of sp³-hybridized carbons (Fsp3) is 0.533. The fourth-order valence-electron chi connectivity index (χ4n) is 2.26. The molecule has 1 heterocycles. The molecule has 110 valence electrons. The van der Waals surface area contributed by atoms with Crippen LogP contribution in [-0.2, 0) is 9.53 Å². The summed E-state index contributed by atoms with van der Waals surface area (Å²) in [5, 5.41) is 0.697. The highest BCUT2D eigenvalue weighted by atomic mass is 35.5. The number of ether oxygens (including phenoxy) is 1. The summed E-state index contributed by atoms with van der Waals surface area (Å²) in [5.41, 5.74) is 6.47. The molecule has 1 aliphatic heterocycles. The van der Waals surface area contributed by atoms with Crippen molar-refractivity contribution >= 4 is 17.5 Å². The number of hydrogen-bond acceptors (Lipinski definition) is 3. The Bertz CT molecular complexity index is 468. The van der Waals surface area contributed by atoms with E-state index in [4.69, 9.17) is 22.1 Å². The van der Waals surface area contributed by atoms with E-state index >= 15 is 0 Å². The second-order valence-corrected chi connectivity index (χ2v) is 6.35. The topological polar surface area (TPSA) is 55.6 Å². The summed E-state index contributed by atoms with van der Waals surface area (Å²) in [6.45, 7) is 5.46. The molecule has 0 aromatic heterocycles. The zero-order valence-electron chi connectivity index (χ0n) is 11.9. The number of hydrogen-bond donors (Lipinski definition) is 1. The number of benzene rings is 1. The van der Waals surface area contributed by atoms with Gasteiger partial charge in [-0.1, -0.05) is 23.7 Å². The molecular formula is C15H21ClN2O2. The largest absolute Gasteiger partial charge is 0.370 e. The molecule has 2 N–H and O–H groups in total. The second kappa shape index (κ2) is 6.12. The first-order valence-electron chi connectivity index (χ1n) is 6.79. The van der Waals surface area contributed by atoms with E-state index in [-0.39, 0.29) is 12.0 Å². The van der Waals surface area contributed by atoms with Crippen LogP contribution < -0.4 is 5.73 Å². The Hall–Kier alpha value is -1.10. The SMILES string of the molecule is CC(C)(N)CC(=O)N1CCOC(c2ccc(Cl)cc2)C1. The minimum Gasteiger partial charge on any atom is -0.370 e. The molecule has 2 rings (SSSR count). The van der Waals surface area contributed by atoms with Gasteiger partial charge in [-0.05, 0) is 31.5 Å². The number of nitrogens with two attached hydrogens (primary N) is 1. The smallest absolute Gasteiger partial charge is 0.224 e. The lowest BCUT2D eigenvalue weighted by Crippen LogP contribution is -2.46. The molecule has 0 radical (unpaired) electrons. The van der Waals surface area contributed by atoms with Crippen molar-refractivity contribution in [3.63, 3.8) is 0 Å². The van der Waals surface area contributed by atoms with Crippen molar-refractivity contribution < 1.29 is 9.53 Å². The third-order valence-corrected chi connectivity index (χ3v) is 3.52. The van der Waals surface area contributed by atoms with Crippen molar-refractivity contribution in [1.29, 1.82) is 0 Å². The van der Waals surface area contributed by atoms with Gasteiger partial charge in [0.1, 0.15) is 6.10 Å². The summed E-state index contributed by atoms with van der Waals surface area (Å²) in [6, 6.07) is 7.55. The van der Waals surface area contributed by atoms with E-state index in [1.807, 2.05) is 43.0 Å². The van der Waals surface area contributed by atoms with E-state index < -0.39 is 5.54 Å². The van der Waals surface area contributed by atoms with Crippen LogP contribution in [0.4, 0.5) is 0 Å². The molecule has 1 fully saturated rings. The Morgan fingerprint density at radius 2 is 2.10 bits per heavy atom. The van der Waals surface area contributed by atoms with Crippen LogP contribution in [0.1, 0.15) is 31.9 Å². The van der Waals surface area contributed by atoms with Gasteiger partial charge in [0.25, 0.3) is 0 Å². The van der Waals surface area contributed by atoms with Crippen LogP contribution >= 0.6 is 11.6 Å². The molecule has 5 heteroatoms. The predicted molar refractivity (Wildman–Crippen MR) is 79.6 cm³/mol. The highest BCUT2D eigenvalue weighted by molar-refractivity contribution is 6.30. The second-order valence-electron chi connectivity index (χ2n) is 5.92. The average molecular weight is 297 g/mol. The van der Waals surface area contributed by atoms with Gasteiger partial charge in [-0.15, -0.1) is 0 Å². The van der Waals surface area contributed by atoms with E-state index in [2.05, 4.69) is 0 Å². The van der Waals surface area contributed by atoms with E-state index in [0.717, 1.165) is 5.56 Å². The van der Waals surface area contributed by atoms with Crippen molar-refractivity contribution in [2.24, 2.45) is 5.73 Å². The quantitative estimate of drug-likeness (QED) is 0.931. The number of nitrogens with zero attached hydrogens (tertiary/aromatic N) is 1. The lowest BCUT2D eigenvalue weighted by molar-refractivity contribution is -0.140. The molecule has 1 aromatic rings. The lowest BCUT2D eigenvalue weighted by atomic mass is 10.0. The molecule has 0 saturated carbocycles. The van der Waals surface area contributed by atoms with E-state index in [1.165, 1.54) is 0 Å². The molecule has 0 spiro atoms. The molecule has 1 atom stereocenters. The molecule has 1 aliphatic rings. The van der Waals surface area contributed by atoms with Crippen LogP contribution in [0.25, 0.3) is 0 Å². The Balaban J connectivity index is 2.01. The van der Waals surface area contributed by atoms with Gasteiger partial charge in [0, 0.05) is 23.5 Å². The fourth-order valence-corrected chi connectivity index (χ4v) is 2.38. The average Bonchev–Trinajstić information content (AvgIpc) is 2.38. The molecule has 4 nitrogen and oxygen atoms in total. The summed E-state index contributed by atoms with van der Waals surface area (Å²) in [5.74, 6) is 0.0831. The van der Waals surface area contributed by atoms with Crippen LogP contribution in [0.5, 0.6) is 0 Å². The third kappa shape index (κ3) is 4.20. The lowest BCUT2D eigenvalue weighted by Gasteiger charge is -2.34. The molecule has 0 aliphatic carbocycles. The first kappa shape index (κ1) is 15.3. The first-order chi connectivity index (χ1) is 9.35. The first-order valence-corrected chi connectivity index (χ1v) is 7.17. The zero-order valence-corrected chi connectivity index (χ0v) is 12.7. The summed E-state index contributed by atoms with van der Waals surface area (Å²) in [7, 11) is 0. The summed E-state index contributed by atoms with van der Waals surface area (Å²) in [4.78, 5) is 14.0. The molecule has 1 amide bonds. The maximum Gasteiger partial charge on any atom is 0.224 e. The monoisotopic (exact) mass is 296 g/mol. The van der Waals surface area contributed by atoms with Gasteiger partial charge in [0.05, 0.1) is 13.2 Å². The van der Waals surface area contributed by atoms with Gasteiger partial charge in [-0.3, -0.25) is 4.79 Å². The number of carbonyl (C=O) groups is 1. The normalized spacial score (nSPS) is 20.0. The Morgan fingerprint density at radius 1 is 1.45 bits per heavy atom. The number of amides is 1. The van der Waals surface area contributed by atoms with Crippen molar-refractivity contribution in [3.8, 4) is 0 Å². The van der Waals surface area contributed by atoms with Gasteiger partial charge < -0.3 is 15.4 Å². The molecule has 1 saturated heterocycles. The van der Waals surface area contributed by atoms with Gasteiger partial charge in [0.15, 0.2) is 0 Å². The molecule has 1 aromatic carbocycles. The Labute approximate surface area is 124 Å². The number of halogens is 1. The minimum atomic E-state index is -0.481. The maximum atomic E-state index is 12.2. The van der Waals surface area contributed by atoms with E-state index in [1.54, 1.807) is 0 Å². The number of rotatable bonds is 3. The summed E-state index contributed by atoms with van der Waals surface area (Å²) < 4.78 is 5.75. The van der Waals surface area contributed by atoms with Crippen molar-refractivity contribution in [2.75, 3.05) is 19.7 Å². The third-order valence-electron chi connectivity index (χ3n) is 3.27. The van der Waals surface area contributed by atoms with Crippen LogP contribution in [0.2, 0.25) is 5.02 Å². The summed E-state index contributed by atoms with van der Waals surface area (Å²) >= 11 is 5.88. The zero-order chi connectivity index (χ0) is 14.8. The predicted octanol–water partition coefficient (Wildman–Crippen LogP) is 2.37. The number of morpholine rings is 1. The van der Waals surface area contributed by atoms with Gasteiger partial charge in [0.2, 0.25) is 5.91 Å². The molecular weight excluding hydrogens is 276 g/mol. The van der Waals surface area contributed by atoms with Gasteiger partial charge >= 0.3 is 0 Å². The Kier molecular flexibility index (Phi) is 4.68. The van der Waals surface area contributed by atoms with Gasteiger partial charge in [-0.2, -0.15) is 0 Å². The highest BCUT2D eigenvalue weighted by Gasteiger charge is 2.27. The molecule has 1 unspecified atom stereocenters. The highest BCUT2D eigenvalue weighted by Crippen LogP contribution is 2.24. The van der Waals surface area contributed by atoms with Crippen molar-refractivity contribution in [2.45, 2.75) is 31.9 Å². The van der Waals surface area contributed by atoms with E-state index in [9.17, 15) is 4.79 Å². The molecule has 20 heavy (non-hydrogen) atoms. The van der Waals surface area contributed by atoms with Crippen LogP contribution in [0.3, 0.4) is 0 Å². The number of carbonyl (C=O) groups excluding carboxylic acids is 1. The van der Waals surface area contributed by atoms with E-state index in [0.29, 0.717) is 31.1 Å². The summed E-state index contributed by atoms with van der Waals surface area (Å²) in [6.07, 6.45) is 0.256. The van der Waals surface area contributed by atoms with Crippen molar-refractivity contribution in [1.82, 2.24) is 4.90 Å². The minimum absolute atomic E-state index is 0.0831. The van der Waals surface area contributed by atoms with Crippen LogP contribution in [-0.4, -0.2) is 36.0 Å². The Morgan fingerprint density at radius 3 is 2.70 bits per heavy atom. The standard InChI is InChI=1S/C15H21ClN2O2/c1-15(2,17)9-14(19)18-7-8-20-13(10-18)11-3-5-12(16)6-4-11/h3-6,13H,7-10,17H2,1-2H3. The van der Waals surface area contributed by atoms with Crippen molar-refractivity contribution in [3.05, 3.63) is 34.9 Å².